The van der Waals surface area contributed by atoms with E-state index in [-0.39, 0.29) is 23.3 Å². The number of phenolic OH excluding ortho intramolecular Hbond substituents is 1. The molecule has 4 nitrogen and oxygen atoms in total. The highest BCUT2D eigenvalue weighted by Crippen LogP contribution is 2.20. The van der Waals surface area contributed by atoms with Crippen molar-refractivity contribution in [2.24, 2.45) is 5.92 Å². The molecule has 1 heterocycles. The van der Waals surface area contributed by atoms with Crippen molar-refractivity contribution in [1.82, 2.24) is 10.2 Å². The second kappa shape index (κ2) is 6.89. The van der Waals surface area contributed by atoms with Crippen LogP contribution in [0.2, 0.25) is 0 Å². The molecule has 2 rings (SSSR count). The van der Waals surface area contributed by atoms with Crippen molar-refractivity contribution in [1.29, 1.82) is 0 Å². The van der Waals surface area contributed by atoms with Gasteiger partial charge in [0.05, 0.1) is 5.56 Å². The van der Waals surface area contributed by atoms with Crippen LogP contribution in [0.3, 0.4) is 0 Å². The summed E-state index contributed by atoms with van der Waals surface area (Å²) in [7, 11) is 0. The van der Waals surface area contributed by atoms with Crippen molar-refractivity contribution in [3.05, 3.63) is 29.6 Å². The standard InChI is InChI=1S/C16H23FN2O2/c1-11(2)19(10-12-4-3-7-18-9-12)16(21)14-6-5-13(20)8-15(14)17/h5-6,8,11-12,18,20H,3-4,7,9-10H2,1-2H3. The molecule has 0 radical (unpaired) electrons. The van der Waals surface area contributed by atoms with Crippen LogP contribution in [0.15, 0.2) is 18.2 Å². The topological polar surface area (TPSA) is 52.6 Å². The first kappa shape index (κ1) is 15.8. The summed E-state index contributed by atoms with van der Waals surface area (Å²) in [6, 6.07) is 3.68. The summed E-state index contributed by atoms with van der Waals surface area (Å²) in [4.78, 5) is 14.3. The fraction of sp³-hybridized carbons (Fsp3) is 0.562. The van der Waals surface area contributed by atoms with Crippen molar-refractivity contribution < 1.29 is 14.3 Å². The second-order valence-electron chi connectivity index (χ2n) is 5.93. The molecule has 0 aliphatic carbocycles. The van der Waals surface area contributed by atoms with E-state index in [1.807, 2.05) is 13.8 Å². The lowest BCUT2D eigenvalue weighted by Gasteiger charge is -2.33. The number of carbonyl (C=O) groups is 1. The third-order valence-corrected chi connectivity index (χ3v) is 3.92. The van der Waals surface area contributed by atoms with E-state index in [2.05, 4.69) is 5.32 Å². The summed E-state index contributed by atoms with van der Waals surface area (Å²) in [5, 5.41) is 12.6. The van der Waals surface area contributed by atoms with Crippen LogP contribution in [0, 0.1) is 11.7 Å². The van der Waals surface area contributed by atoms with Crippen LogP contribution in [0.5, 0.6) is 5.75 Å². The van der Waals surface area contributed by atoms with Crippen LogP contribution in [0.1, 0.15) is 37.0 Å². The number of nitrogens with zero attached hydrogens (tertiary/aromatic N) is 1. The zero-order valence-corrected chi connectivity index (χ0v) is 12.6. The Labute approximate surface area is 125 Å². The molecule has 5 heteroatoms. The monoisotopic (exact) mass is 294 g/mol. The van der Waals surface area contributed by atoms with E-state index in [0.717, 1.165) is 32.0 Å². The number of hydrogen-bond donors (Lipinski definition) is 2. The summed E-state index contributed by atoms with van der Waals surface area (Å²) in [5.41, 5.74) is 0.0188. The molecule has 116 valence electrons. The zero-order chi connectivity index (χ0) is 15.4. The molecule has 21 heavy (non-hydrogen) atoms. The van der Waals surface area contributed by atoms with Crippen molar-refractivity contribution in [2.75, 3.05) is 19.6 Å². The smallest absolute Gasteiger partial charge is 0.257 e. The number of halogens is 1. The maximum Gasteiger partial charge on any atom is 0.257 e. The molecule has 0 bridgehead atoms. The van der Waals surface area contributed by atoms with Gasteiger partial charge in [-0.25, -0.2) is 4.39 Å². The van der Waals surface area contributed by atoms with E-state index in [1.54, 1.807) is 4.90 Å². The molecule has 1 saturated heterocycles. The predicted octanol–water partition coefficient (Wildman–Crippen LogP) is 2.38. The van der Waals surface area contributed by atoms with Crippen LogP contribution >= 0.6 is 0 Å². The Kier molecular flexibility index (Phi) is 5.17. The largest absolute Gasteiger partial charge is 0.508 e. The van der Waals surface area contributed by atoms with Gasteiger partial charge in [-0.1, -0.05) is 0 Å². The van der Waals surface area contributed by atoms with Gasteiger partial charge < -0.3 is 15.3 Å². The first-order valence-electron chi connectivity index (χ1n) is 7.49. The normalized spacial score (nSPS) is 18.8. The molecule has 1 amide bonds. The van der Waals surface area contributed by atoms with Crippen molar-refractivity contribution in [3.63, 3.8) is 0 Å². The average molecular weight is 294 g/mol. The summed E-state index contributed by atoms with van der Waals surface area (Å²) in [6.07, 6.45) is 2.19. The quantitative estimate of drug-likeness (QED) is 0.896. The van der Waals surface area contributed by atoms with Gasteiger partial charge in [0.15, 0.2) is 0 Å². The summed E-state index contributed by atoms with van der Waals surface area (Å²) in [6.45, 7) is 6.43. The molecular weight excluding hydrogens is 271 g/mol. The molecule has 1 atom stereocenters. The van der Waals surface area contributed by atoms with Gasteiger partial charge in [0.2, 0.25) is 0 Å². The molecule has 1 aliphatic rings. The lowest BCUT2D eigenvalue weighted by atomic mass is 9.98. The van der Waals surface area contributed by atoms with Gasteiger partial charge >= 0.3 is 0 Å². The third-order valence-electron chi connectivity index (χ3n) is 3.92. The highest BCUT2D eigenvalue weighted by Gasteiger charge is 2.25. The fourth-order valence-electron chi connectivity index (χ4n) is 2.72. The number of amides is 1. The van der Waals surface area contributed by atoms with Gasteiger partial charge in [-0.15, -0.1) is 0 Å². The lowest BCUT2D eigenvalue weighted by Crippen LogP contribution is -2.44. The number of phenols is 1. The van der Waals surface area contributed by atoms with Crippen molar-refractivity contribution >= 4 is 5.91 Å². The van der Waals surface area contributed by atoms with Crippen LogP contribution < -0.4 is 5.32 Å². The first-order valence-corrected chi connectivity index (χ1v) is 7.49. The number of piperidine rings is 1. The molecule has 1 unspecified atom stereocenters. The Morgan fingerprint density at radius 2 is 2.29 bits per heavy atom. The molecule has 1 aromatic carbocycles. The summed E-state index contributed by atoms with van der Waals surface area (Å²) < 4.78 is 13.9. The van der Waals surface area contributed by atoms with E-state index in [0.29, 0.717) is 12.5 Å². The fourth-order valence-corrected chi connectivity index (χ4v) is 2.72. The van der Waals surface area contributed by atoms with Gasteiger partial charge in [-0.05, 0) is 57.8 Å². The summed E-state index contributed by atoms with van der Waals surface area (Å²) in [5.74, 6) is -0.748. The van der Waals surface area contributed by atoms with Crippen molar-refractivity contribution in [3.8, 4) is 5.75 Å². The SMILES string of the molecule is CC(C)N(CC1CCCNC1)C(=O)c1ccc(O)cc1F. The number of hydrogen-bond acceptors (Lipinski definition) is 3. The first-order chi connectivity index (χ1) is 9.99. The van der Waals surface area contributed by atoms with E-state index < -0.39 is 5.82 Å². The summed E-state index contributed by atoms with van der Waals surface area (Å²) >= 11 is 0. The number of rotatable bonds is 4. The molecule has 0 aromatic heterocycles. The number of nitrogens with one attached hydrogen (secondary N) is 1. The van der Waals surface area contributed by atoms with E-state index in [9.17, 15) is 14.3 Å². The maximum atomic E-state index is 13.9. The van der Waals surface area contributed by atoms with Crippen molar-refractivity contribution in [2.45, 2.75) is 32.7 Å². The Balaban J connectivity index is 2.14. The Bertz CT molecular complexity index is 499. The highest BCUT2D eigenvalue weighted by atomic mass is 19.1. The second-order valence-corrected chi connectivity index (χ2v) is 5.93. The molecule has 1 aliphatic heterocycles. The van der Waals surface area contributed by atoms with Gasteiger partial charge in [0, 0.05) is 18.7 Å². The van der Waals surface area contributed by atoms with Crippen LogP contribution in [0.4, 0.5) is 4.39 Å². The molecule has 1 fully saturated rings. The predicted molar refractivity (Wildman–Crippen MR) is 79.8 cm³/mol. The molecular formula is C16H23FN2O2. The van der Waals surface area contributed by atoms with E-state index in [4.69, 9.17) is 0 Å². The number of benzene rings is 1. The Hall–Kier alpha value is -1.62. The highest BCUT2D eigenvalue weighted by molar-refractivity contribution is 5.94. The lowest BCUT2D eigenvalue weighted by molar-refractivity contribution is 0.0656. The minimum absolute atomic E-state index is 0.00706. The minimum atomic E-state index is -0.674. The van der Waals surface area contributed by atoms with E-state index >= 15 is 0 Å². The average Bonchev–Trinajstić information content (AvgIpc) is 2.45. The van der Waals surface area contributed by atoms with Gasteiger partial charge in [-0.3, -0.25) is 4.79 Å². The zero-order valence-electron chi connectivity index (χ0n) is 12.6. The number of aromatic hydroxyl groups is 1. The maximum absolute atomic E-state index is 13.9. The number of carbonyl (C=O) groups excluding carboxylic acids is 1. The van der Waals surface area contributed by atoms with E-state index in [1.165, 1.54) is 12.1 Å². The van der Waals surface area contributed by atoms with Gasteiger partial charge in [0.1, 0.15) is 11.6 Å². The molecule has 0 spiro atoms. The Morgan fingerprint density at radius 3 is 2.86 bits per heavy atom. The van der Waals surface area contributed by atoms with Gasteiger partial charge in [0.25, 0.3) is 5.91 Å². The molecule has 0 saturated carbocycles. The van der Waals surface area contributed by atoms with Crippen LogP contribution in [0.25, 0.3) is 0 Å². The van der Waals surface area contributed by atoms with Crippen LogP contribution in [-0.4, -0.2) is 41.6 Å². The van der Waals surface area contributed by atoms with Crippen LogP contribution in [-0.2, 0) is 0 Å². The third kappa shape index (κ3) is 3.94. The van der Waals surface area contributed by atoms with Gasteiger partial charge in [-0.2, -0.15) is 0 Å². The molecule has 1 aromatic rings. The minimum Gasteiger partial charge on any atom is -0.508 e. The Morgan fingerprint density at radius 1 is 1.52 bits per heavy atom. The molecule has 2 N–H and O–H groups in total.